The van der Waals surface area contributed by atoms with E-state index in [9.17, 15) is 19.3 Å². The van der Waals surface area contributed by atoms with E-state index >= 15 is 0 Å². The van der Waals surface area contributed by atoms with Crippen molar-refractivity contribution in [2.24, 2.45) is 46.3 Å². The average molecular weight is 840 g/mol. The maximum Gasteiger partial charge on any atom is 0.407 e. The molecule has 0 spiro atoms. The van der Waals surface area contributed by atoms with Gasteiger partial charge < -0.3 is 34.2 Å². The first-order valence-electron chi connectivity index (χ1n) is 20.9. The third kappa shape index (κ3) is 11.4. The SMILES string of the molecule is CC(C)CCC[C@H](C)[C@H]1CCC2C3CC=C4C[C@@H](OC(=O)NCCCCCC(=O)N5C[C@H](O)C[C@H]5CO[PH](=O)OCCO)CC[C@]4(C)C3CC[C@@]21C.[Y]. The van der Waals surface area contributed by atoms with Crippen LogP contribution < -0.4 is 5.32 Å². The third-order valence-electron chi connectivity index (χ3n) is 14.3. The van der Waals surface area contributed by atoms with E-state index in [1.165, 1.54) is 56.9 Å². The first kappa shape index (κ1) is 45.4. The van der Waals surface area contributed by atoms with Crippen LogP contribution in [0.5, 0.6) is 0 Å². The van der Waals surface area contributed by atoms with Gasteiger partial charge in [0.2, 0.25) is 5.91 Å². The second-order valence-electron chi connectivity index (χ2n) is 18.0. The summed E-state index contributed by atoms with van der Waals surface area (Å²) < 4.78 is 27.9. The van der Waals surface area contributed by atoms with Crippen molar-refractivity contribution in [3.63, 3.8) is 0 Å². The Balaban J connectivity index is 0.00000627. The fourth-order valence-electron chi connectivity index (χ4n) is 11.5. The van der Waals surface area contributed by atoms with Gasteiger partial charge in [0, 0.05) is 58.6 Å². The molecular formula is C41H71N2O8PY. The van der Waals surface area contributed by atoms with Gasteiger partial charge in [0.15, 0.2) is 0 Å². The number of nitrogens with zero attached hydrogens (tertiary/aromatic N) is 1. The molecule has 11 atom stereocenters. The Kier molecular flexibility index (Phi) is 17.9. The van der Waals surface area contributed by atoms with Crippen LogP contribution in [0.4, 0.5) is 4.79 Å². The molecule has 1 radical (unpaired) electrons. The summed E-state index contributed by atoms with van der Waals surface area (Å²) >= 11 is 0. The molecule has 10 nitrogen and oxygen atoms in total. The van der Waals surface area contributed by atoms with E-state index in [1.54, 1.807) is 4.90 Å². The monoisotopic (exact) mass is 839 g/mol. The number of rotatable bonds is 18. The van der Waals surface area contributed by atoms with Crippen molar-refractivity contribution in [1.29, 1.82) is 0 Å². The summed E-state index contributed by atoms with van der Waals surface area (Å²) in [5.74, 6) is 4.82. The molecule has 3 saturated carbocycles. The van der Waals surface area contributed by atoms with Gasteiger partial charge in [0.25, 0.3) is 0 Å². The number of aliphatic hydroxyl groups excluding tert-OH is 2. The van der Waals surface area contributed by atoms with Crippen LogP contribution in [-0.2, 0) is 55.9 Å². The first-order chi connectivity index (χ1) is 24.9. The summed E-state index contributed by atoms with van der Waals surface area (Å²) in [6.45, 7) is 12.9. The quantitative estimate of drug-likeness (QED) is 0.0718. The number of carbonyl (C=O) groups is 2. The number of carbonyl (C=O) groups excluding carboxylic acids is 2. The van der Waals surface area contributed by atoms with Crippen LogP contribution in [0, 0.1) is 46.3 Å². The third-order valence-corrected chi connectivity index (χ3v) is 15.1. The van der Waals surface area contributed by atoms with Crippen molar-refractivity contribution in [3.8, 4) is 0 Å². The predicted molar refractivity (Wildman–Crippen MR) is 204 cm³/mol. The van der Waals surface area contributed by atoms with Crippen molar-refractivity contribution in [2.75, 3.05) is 32.9 Å². The summed E-state index contributed by atoms with van der Waals surface area (Å²) in [5, 5.41) is 21.8. The minimum atomic E-state index is -2.75. The van der Waals surface area contributed by atoms with Gasteiger partial charge in [-0.2, -0.15) is 0 Å². The number of unbranched alkanes of at least 4 members (excludes halogenated alkanes) is 2. The van der Waals surface area contributed by atoms with Crippen LogP contribution in [0.2, 0.25) is 0 Å². The number of likely N-dealkylation sites (tertiary alicyclic amines) is 1. The van der Waals surface area contributed by atoms with Gasteiger partial charge >= 0.3 is 14.3 Å². The maximum absolute atomic E-state index is 12.9. The predicted octanol–water partition coefficient (Wildman–Crippen LogP) is 8.06. The molecule has 0 aromatic rings. The van der Waals surface area contributed by atoms with E-state index in [0.29, 0.717) is 31.2 Å². The number of alkyl carbamates (subject to hydrolysis) is 1. The fraction of sp³-hybridized carbons (Fsp3) is 0.902. The number of hydrogen-bond acceptors (Lipinski definition) is 8. The Hall–Kier alpha value is -0.346. The van der Waals surface area contributed by atoms with Gasteiger partial charge in [0.05, 0.1) is 32.0 Å². The van der Waals surface area contributed by atoms with E-state index in [0.717, 1.165) is 67.6 Å². The molecular weight excluding hydrogens is 768 g/mol. The van der Waals surface area contributed by atoms with Gasteiger partial charge in [-0.05, 0) is 111 Å². The summed E-state index contributed by atoms with van der Waals surface area (Å²) in [6, 6.07) is -0.356. The smallest absolute Gasteiger partial charge is 0.407 e. The van der Waals surface area contributed by atoms with Crippen molar-refractivity contribution >= 4 is 20.3 Å². The van der Waals surface area contributed by atoms with E-state index in [1.807, 2.05) is 0 Å². The molecule has 0 aromatic heterocycles. The molecule has 12 heteroatoms. The van der Waals surface area contributed by atoms with Crippen LogP contribution >= 0.6 is 8.25 Å². The van der Waals surface area contributed by atoms with E-state index < -0.39 is 14.4 Å². The van der Waals surface area contributed by atoms with Crippen molar-refractivity contribution < 1.29 is 70.9 Å². The fourth-order valence-corrected chi connectivity index (χ4v) is 12.2. The normalized spacial score (nSPS) is 34.7. The van der Waals surface area contributed by atoms with Gasteiger partial charge in [-0.15, -0.1) is 0 Å². The standard InChI is InChI=1S/C41H71N2O8P.Y/c1-28(2)10-9-11-29(3)35-15-16-36-34-14-13-30-24-33(17-19-40(30,4)37(34)18-20-41(35,36)5)51-39(47)42-21-8-6-7-12-38(46)43-26-32(45)25-31(43)27-50-52(48)49-23-22-44;/h13,28-29,31-37,44-45,52H,6-12,14-27H2,1-5H3,(H,42,47);/t29-,31-,32+,33-,34?,35+,36?,37?,40-,41+;/m0./s1. The molecule has 0 aromatic carbocycles. The summed E-state index contributed by atoms with van der Waals surface area (Å²) in [4.78, 5) is 27.2. The van der Waals surface area contributed by atoms with Crippen LogP contribution in [-0.4, -0.2) is 78.3 Å². The Morgan fingerprint density at radius 1 is 1.02 bits per heavy atom. The minimum absolute atomic E-state index is 0. The van der Waals surface area contributed by atoms with Gasteiger partial charge in [-0.3, -0.25) is 9.36 Å². The maximum atomic E-state index is 12.9. The van der Waals surface area contributed by atoms with Gasteiger partial charge in [-0.1, -0.05) is 72.0 Å². The molecule has 4 aliphatic carbocycles. The molecule has 1 heterocycles. The number of ether oxygens (including phenoxy) is 1. The number of hydrogen-bond donors (Lipinski definition) is 3. The van der Waals surface area contributed by atoms with E-state index in [4.69, 9.17) is 18.9 Å². The van der Waals surface area contributed by atoms with Crippen LogP contribution in [0.3, 0.4) is 0 Å². The number of nitrogens with one attached hydrogen (secondary N) is 1. The van der Waals surface area contributed by atoms with Crippen LogP contribution in [0.1, 0.15) is 137 Å². The molecule has 4 unspecified atom stereocenters. The van der Waals surface area contributed by atoms with Gasteiger partial charge in [-0.25, -0.2) is 4.79 Å². The number of amides is 2. The number of aliphatic hydroxyl groups is 2. The molecule has 53 heavy (non-hydrogen) atoms. The summed E-state index contributed by atoms with van der Waals surface area (Å²) in [6.07, 6.45) is 18.1. The summed E-state index contributed by atoms with van der Waals surface area (Å²) in [5.41, 5.74) is 2.26. The molecule has 1 saturated heterocycles. The van der Waals surface area contributed by atoms with Crippen LogP contribution in [0.15, 0.2) is 11.6 Å². The minimum Gasteiger partial charge on any atom is -0.446 e. The molecule has 5 aliphatic rings. The zero-order valence-electron chi connectivity index (χ0n) is 33.5. The topological polar surface area (TPSA) is 135 Å². The van der Waals surface area contributed by atoms with Gasteiger partial charge in [0.1, 0.15) is 6.10 Å². The molecule has 1 aliphatic heterocycles. The van der Waals surface area contributed by atoms with Crippen molar-refractivity contribution in [3.05, 3.63) is 11.6 Å². The zero-order chi connectivity index (χ0) is 37.5. The largest absolute Gasteiger partial charge is 0.446 e. The van der Waals surface area contributed by atoms with Crippen molar-refractivity contribution in [1.82, 2.24) is 10.2 Å². The molecule has 3 N–H and O–H groups in total. The van der Waals surface area contributed by atoms with Crippen molar-refractivity contribution in [2.45, 2.75) is 156 Å². The molecule has 2 amide bonds. The Bertz CT molecular complexity index is 1250. The molecule has 301 valence electrons. The first-order valence-corrected chi connectivity index (χ1v) is 22.1. The van der Waals surface area contributed by atoms with Crippen LogP contribution in [0.25, 0.3) is 0 Å². The summed E-state index contributed by atoms with van der Waals surface area (Å²) in [7, 11) is -2.75. The average Bonchev–Trinajstić information content (AvgIpc) is 3.66. The Morgan fingerprint density at radius 2 is 1.81 bits per heavy atom. The second kappa shape index (κ2) is 20.9. The van der Waals surface area contributed by atoms with E-state index in [-0.39, 0.29) is 88.6 Å². The number of β-amino-alcohol motifs (C(OH)–C–C–N with tert-alkyl or cyclic N) is 1. The van der Waals surface area contributed by atoms with E-state index in [2.05, 4.69) is 46.0 Å². The number of allylic oxidation sites excluding steroid dienone is 1. The molecule has 4 fully saturated rings. The number of fused-ring (bicyclic) bond motifs is 5. The Labute approximate surface area is 345 Å². The zero-order valence-corrected chi connectivity index (χ0v) is 37.3. The Morgan fingerprint density at radius 3 is 2.57 bits per heavy atom. The second-order valence-corrected chi connectivity index (χ2v) is 19.1. The molecule has 0 bridgehead atoms. The molecule has 5 rings (SSSR count).